The first-order valence-corrected chi connectivity index (χ1v) is 7.79. The second-order valence-corrected chi connectivity index (χ2v) is 5.38. The Balaban J connectivity index is 2.26. The maximum atomic E-state index is 12.2. The van der Waals surface area contributed by atoms with E-state index in [0.717, 1.165) is 0 Å². The van der Waals surface area contributed by atoms with Gasteiger partial charge in [0.05, 0.1) is 22.1 Å². The summed E-state index contributed by atoms with van der Waals surface area (Å²) in [5, 5.41) is 14.4. The molecule has 0 aliphatic carbocycles. The third-order valence-corrected chi connectivity index (χ3v) is 3.78. The van der Waals surface area contributed by atoms with Gasteiger partial charge in [0.1, 0.15) is 6.04 Å². The van der Waals surface area contributed by atoms with Crippen LogP contribution >= 0.6 is 11.6 Å². The van der Waals surface area contributed by atoms with Crippen LogP contribution in [-0.4, -0.2) is 17.5 Å². The van der Waals surface area contributed by atoms with Gasteiger partial charge >= 0.3 is 5.97 Å². The molecule has 1 N–H and O–H groups in total. The van der Waals surface area contributed by atoms with E-state index in [9.17, 15) is 14.9 Å². The van der Waals surface area contributed by atoms with E-state index in [4.69, 9.17) is 16.3 Å². The summed E-state index contributed by atoms with van der Waals surface area (Å²) in [6, 6.07) is 12.8. The van der Waals surface area contributed by atoms with E-state index >= 15 is 0 Å². The fraction of sp³-hybridized carbons (Fsp3) is 0.235. The van der Waals surface area contributed by atoms with Crippen molar-refractivity contribution < 1.29 is 14.5 Å². The van der Waals surface area contributed by atoms with Gasteiger partial charge < -0.3 is 4.74 Å². The molecular weight excluding hydrogens is 332 g/mol. The zero-order valence-electron chi connectivity index (χ0n) is 13.1. The summed E-state index contributed by atoms with van der Waals surface area (Å²) >= 11 is 6.08. The highest BCUT2D eigenvalue weighted by Gasteiger charge is 2.24. The van der Waals surface area contributed by atoms with E-state index in [-0.39, 0.29) is 23.9 Å². The summed E-state index contributed by atoms with van der Waals surface area (Å²) in [4.78, 5) is 22.9. The number of halogens is 1. The van der Waals surface area contributed by atoms with Crippen LogP contribution in [0.4, 0.5) is 5.69 Å². The molecule has 2 aromatic carbocycles. The van der Waals surface area contributed by atoms with E-state index in [1.165, 1.54) is 12.1 Å². The number of hydrogen-bond donors (Lipinski definition) is 1. The monoisotopic (exact) mass is 348 g/mol. The number of hydrogen-bond acceptors (Lipinski definition) is 5. The van der Waals surface area contributed by atoms with Crippen LogP contribution in [0.15, 0.2) is 48.5 Å². The van der Waals surface area contributed by atoms with E-state index in [0.29, 0.717) is 11.1 Å². The van der Waals surface area contributed by atoms with Crippen LogP contribution in [0.2, 0.25) is 5.02 Å². The third kappa shape index (κ3) is 4.31. The number of nitrogens with zero attached hydrogens (tertiary/aromatic N) is 1. The third-order valence-electron chi connectivity index (χ3n) is 3.43. The minimum Gasteiger partial charge on any atom is -0.465 e. The van der Waals surface area contributed by atoms with Gasteiger partial charge in [-0.25, -0.2) is 4.79 Å². The predicted molar refractivity (Wildman–Crippen MR) is 90.8 cm³/mol. The highest BCUT2D eigenvalue weighted by molar-refractivity contribution is 6.31. The number of esters is 1. The van der Waals surface area contributed by atoms with Crippen molar-refractivity contribution in [3.63, 3.8) is 0 Å². The van der Waals surface area contributed by atoms with Gasteiger partial charge in [-0.05, 0) is 18.6 Å². The number of ether oxygens (including phenoxy) is 1. The van der Waals surface area contributed by atoms with Gasteiger partial charge in [-0.3, -0.25) is 15.4 Å². The predicted octanol–water partition coefficient (Wildman–Crippen LogP) is 3.64. The summed E-state index contributed by atoms with van der Waals surface area (Å²) in [7, 11) is 0. The summed E-state index contributed by atoms with van der Waals surface area (Å²) in [5.74, 6) is -0.446. The molecule has 0 radical (unpaired) electrons. The van der Waals surface area contributed by atoms with E-state index < -0.39 is 16.9 Å². The molecule has 0 aliphatic rings. The molecule has 2 rings (SSSR count). The summed E-state index contributed by atoms with van der Waals surface area (Å²) in [6.07, 6.45) is 0. The van der Waals surface area contributed by atoms with Gasteiger partial charge in [-0.1, -0.05) is 48.0 Å². The Labute approximate surface area is 144 Å². The maximum absolute atomic E-state index is 12.2. The normalized spacial score (nSPS) is 11.8. The van der Waals surface area contributed by atoms with Crippen molar-refractivity contribution in [1.29, 1.82) is 0 Å². The van der Waals surface area contributed by atoms with E-state index in [1.807, 2.05) is 6.07 Å². The lowest BCUT2D eigenvalue weighted by Gasteiger charge is -2.18. The van der Waals surface area contributed by atoms with Crippen LogP contribution in [-0.2, 0) is 16.1 Å². The molecule has 2 aromatic rings. The van der Waals surface area contributed by atoms with Crippen LogP contribution in [0.5, 0.6) is 0 Å². The number of nitro benzene ring substituents is 1. The number of carbonyl (C=O) groups is 1. The van der Waals surface area contributed by atoms with Gasteiger partial charge in [-0.2, -0.15) is 0 Å². The largest absolute Gasteiger partial charge is 0.465 e. The molecule has 0 amide bonds. The second-order valence-electron chi connectivity index (χ2n) is 4.97. The molecule has 0 saturated carbocycles. The van der Waals surface area contributed by atoms with Crippen LogP contribution in [0.25, 0.3) is 0 Å². The molecule has 24 heavy (non-hydrogen) atoms. The van der Waals surface area contributed by atoms with Gasteiger partial charge in [0.15, 0.2) is 0 Å². The average Bonchev–Trinajstić information content (AvgIpc) is 2.57. The first kappa shape index (κ1) is 17.9. The fourth-order valence-corrected chi connectivity index (χ4v) is 2.54. The first-order chi connectivity index (χ1) is 11.5. The van der Waals surface area contributed by atoms with Crippen molar-refractivity contribution >= 4 is 23.3 Å². The van der Waals surface area contributed by atoms with Crippen molar-refractivity contribution in [2.75, 3.05) is 6.61 Å². The van der Waals surface area contributed by atoms with Crippen molar-refractivity contribution in [1.82, 2.24) is 5.32 Å². The average molecular weight is 349 g/mol. The Morgan fingerprint density at radius 1 is 1.25 bits per heavy atom. The van der Waals surface area contributed by atoms with Gasteiger partial charge in [0.25, 0.3) is 5.69 Å². The Hall–Kier alpha value is -2.44. The Morgan fingerprint density at radius 3 is 2.58 bits per heavy atom. The highest BCUT2D eigenvalue weighted by atomic mass is 35.5. The highest BCUT2D eigenvalue weighted by Crippen LogP contribution is 2.27. The smallest absolute Gasteiger partial charge is 0.327 e. The Bertz CT molecular complexity index is 722. The number of rotatable bonds is 7. The molecule has 0 bridgehead atoms. The molecule has 0 aliphatic heterocycles. The number of nitrogens with one attached hydrogen (secondary N) is 1. The maximum Gasteiger partial charge on any atom is 0.327 e. The lowest BCUT2D eigenvalue weighted by molar-refractivity contribution is -0.385. The minimum atomic E-state index is -0.734. The standard InChI is InChI=1S/C17H17ClN2O4/c1-2-24-17(21)16(12-7-4-3-5-8-12)19-11-13-14(18)9-6-10-15(13)20(22)23/h3-10,16,19H,2,11H2,1H3. The number of carbonyl (C=O) groups excluding carboxylic acids is 1. The molecule has 0 fully saturated rings. The molecule has 126 valence electrons. The lowest BCUT2D eigenvalue weighted by Crippen LogP contribution is -2.30. The van der Waals surface area contributed by atoms with Crippen molar-refractivity contribution in [3.8, 4) is 0 Å². The molecule has 1 atom stereocenters. The molecule has 0 saturated heterocycles. The molecule has 1 unspecified atom stereocenters. The minimum absolute atomic E-state index is 0.0639. The number of benzene rings is 2. The van der Waals surface area contributed by atoms with Crippen LogP contribution in [0, 0.1) is 10.1 Å². The lowest BCUT2D eigenvalue weighted by atomic mass is 10.1. The zero-order valence-corrected chi connectivity index (χ0v) is 13.8. The molecule has 0 spiro atoms. The van der Waals surface area contributed by atoms with E-state index in [2.05, 4.69) is 5.32 Å². The van der Waals surface area contributed by atoms with Gasteiger partial charge in [0.2, 0.25) is 0 Å². The SMILES string of the molecule is CCOC(=O)C(NCc1c(Cl)cccc1[N+](=O)[O-])c1ccccc1. The van der Waals surface area contributed by atoms with Gasteiger partial charge in [0, 0.05) is 12.6 Å². The van der Waals surface area contributed by atoms with Crippen molar-refractivity contribution in [2.45, 2.75) is 19.5 Å². The van der Waals surface area contributed by atoms with Crippen molar-refractivity contribution in [3.05, 3.63) is 74.8 Å². The summed E-state index contributed by atoms with van der Waals surface area (Å²) in [6.45, 7) is 2.03. The quantitative estimate of drug-likeness (QED) is 0.469. The second kappa shape index (κ2) is 8.42. The summed E-state index contributed by atoms with van der Waals surface area (Å²) < 4.78 is 5.09. The molecule has 7 heteroatoms. The van der Waals surface area contributed by atoms with Crippen LogP contribution < -0.4 is 5.32 Å². The number of nitro groups is 1. The Morgan fingerprint density at radius 2 is 1.96 bits per heavy atom. The Kier molecular flexibility index (Phi) is 6.28. The molecule has 6 nitrogen and oxygen atoms in total. The first-order valence-electron chi connectivity index (χ1n) is 7.41. The zero-order chi connectivity index (χ0) is 17.5. The molecule has 0 aromatic heterocycles. The van der Waals surface area contributed by atoms with E-state index in [1.54, 1.807) is 37.3 Å². The molecular formula is C17H17ClN2O4. The topological polar surface area (TPSA) is 81.5 Å². The van der Waals surface area contributed by atoms with Crippen LogP contribution in [0.3, 0.4) is 0 Å². The van der Waals surface area contributed by atoms with Crippen molar-refractivity contribution in [2.24, 2.45) is 0 Å². The molecule has 0 heterocycles. The summed E-state index contributed by atoms with van der Waals surface area (Å²) in [5.41, 5.74) is 0.950. The van der Waals surface area contributed by atoms with Gasteiger partial charge in [-0.15, -0.1) is 0 Å². The fourth-order valence-electron chi connectivity index (χ4n) is 2.31. The van der Waals surface area contributed by atoms with Crippen LogP contribution in [0.1, 0.15) is 24.1 Å².